The Morgan fingerprint density at radius 1 is 1.06 bits per heavy atom. The summed E-state index contributed by atoms with van der Waals surface area (Å²) in [5, 5.41) is 0. The molecule has 0 radical (unpaired) electrons. The molecule has 17 heavy (non-hydrogen) atoms. The van der Waals surface area contributed by atoms with E-state index in [4.69, 9.17) is 9.47 Å². The van der Waals surface area contributed by atoms with Crippen molar-refractivity contribution in [3.05, 3.63) is 53.6 Å². The Balaban J connectivity index is 2.05. The Labute approximate surface area is 101 Å². The summed E-state index contributed by atoms with van der Waals surface area (Å²) in [5.41, 5.74) is 2.36. The van der Waals surface area contributed by atoms with Crippen molar-refractivity contribution in [3.63, 3.8) is 0 Å². The fourth-order valence-electron chi connectivity index (χ4n) is 2.16. The van der Waals surface area contributed by atoms with Gasteiger partial charge in [-0.05, 0) is 30.7 Å². The highest BCUT2D eigenvalue weighted by molar-refractivity contribution is 5.54. The third kappa shape index (κ3) is 1.76. The second-order valence-electron chi connectivity index (χ2n) is 4.05. The molecule has 2 heteroatoms. The van der Waals surface area contributed by atoms with Gasteiger partial charge in [0.1, 0.15) is 17.2 Å². The fourth-order valence-corrected chi connectivity index (χ4v) is 2.16. The van der Waals surface area contributed by atoms with E-state index < -0.39 is 0 Å². The quantitative estimate of drug-likeness (QED) is 0.662. The van der Waals surface area contributed by atoms with Crippen molar-refractivity contribution in [3.8, 4) is 17.2 Å². The fraction of sp³-hybridized carbons (Fsp3) is 0.200. The molecule has 2 aromatic carbocycles. The zero-order valence-electron chi connectivity index (χ0n) is 9.77. The molecule has 0 aromatic heterocycles. The van der Waals surface area contributed by atoms with E-state index in [9.17, 15) is 0 Å². The van der Waals surface area contributed by atoms with Crippen LogP contribution in [0.1, 0.15) is 18.1 Å². The van der Waals surface area contributed by atoms with Crippen LogP contribution in [-0.2, 0) is 6.42 Å². The largest absolute Gasteiger partial charge is 0.493 e. The molecule has 0 bridgehead atoms. The maximum atomic E-state index is 5.88. The normalized spacial score (nSPS) is 12.3. The summed E-state index contributed by atoms with van der Waals surface area (Å²) < 4.78 is 11.5. The van der Waals surface area contributed by atoms with Crippen LogP contribution in [0.5, 0.6) is 17.2 Å². The van der Waals surface area contributed by atoms with Crippen LogP contribution in [0.25, 0.3) is 0 Å². The van der Waals surface area contributed by atoms with E-state index in [1.54, 1.807) is 0 Å². The van der Waals surface area contributed by atoms with Crippen LogP contribution in [-0.4, -0.2) is 6.61 Å². The van der Waals surface area contributed by atoms with Crippen molar-refractivity contribution in [2.75, 3.05) is 6.61 Å². The summed E-state index contributed by atoms with van der Waals surface area (Å²) in [6, 6.07) is 14.1. The molecule has 0 fully saturated rings. The molecule has 0 spiro atoms. The summed E-state index contributed by atoms with van der Waals surface area (Å²) in [5.74, 6) is 2.79. The standard InChI is InChI=1S/C15H14O2/c1-2-16-14-8-5-9-15-12(14)10-11-6-3-4-7-13(11)17-15/h3-9H,2,10H2,1H3. The van der Waals surface area contributed by atoms with Gasteiger partial charge in [-0.3, -0.25) is 0 Å². The first-order chi connectivity index (χ1) is 8.38. The number of ether oxygens (including phenoxy) is 2. The van der Waals surface area contributed by atoms with E-state index in [1.165, 1.54) is 5.56 Å². The molecule has 0 atom stereocenters. The average Bonchev–Trinajstić information content (AvgIpc) is 2.37. The number of benzene rings is 2. The minimum atomic E-state index is 0.679. The molecule has 2 nitrogen and oxygen atoms in total. The molecule has 0 unspecified atom stereocenters. The van der Waals surface area contributed by atoms with Gasteiger partial charge in [0.15, 0.2) is 0 Å². The van der Waals surface area contributed by atoms with Crippen molar-refractivity contribution in [2.24, 2.45) is 0 Å². The third-order valence-corrected chi connectivity index (χ3v) is 2.95. The zero-order chi connectivity index (χ0) is 11.7. The molecule has 1 heterocycles. The SMILES string of the molecule is CCOc1cccc2c1Cc1ccccc1O2. The minimum absolute atomic E-state index is 0.679. The molecule has 3 rings (SSSR count). The van der Waals surface area contributed by atoms with Crippen LogP contribution in [0, 0.1) is 0 Å². The van der Waals surface area contributed by atoms with Crippen molar-refractivity contribution < 1.29 is 9.47 Å². The number of hydrogen-bond acceptors (Lipinski definition) is 2. The topological polar surface area (TPSA) is 18.5 Å². The van der Waals surface area contributed by atoms with Crippen LogP contribution in [0.15, 0.2) is 42.5 Å². The summed E-state index contributed by atoms with van der Waals surface area (Å²) in [4.78, 5) is 0. The molecule has 1 aliphatic rings. The second kappa shape index (κ2) is 4.13. The van der Waals surface area contributed by atoms with E-state index in [2.05, 4.69) is 6.07 Å². The molecule has 2 aromatic rings. The Morgan fingerprint density at radius 3 is 2.76 bits per heavy atom. The van der Waals surface area contributed by atoms with E-state index in [0.717, 1.165) is 29.2 Å². The Morgan fingerprint density at radius 2 is 1.88 bits per heavy atom. The monoisotopic (exact) mass is 226 g/mol. The molecule has 0 N–H and O–H groups in total. The van der Waals surface area contributed by atoms with E-state index in [1.807, 2.05) is 43.3 Å². The first kappa shape index (κ1) is 10.2. The van der Waals surface area contributed by atoms with Crippen molar-refractivity contribution in [2.45, 2.75) is 13.3 Å². The van der Waals surface area contributed by atoms with Gasteiger partial charge in [-0.15, -0.1) is 0 Å². The Hall–Kier alpha value is -1.96. The summed E-state index contributed by atoms with van der Waals surface area (Å²) in [6.07, 6.45) is 0.877. The summed E-state index contributed by atoms with van der Waals surface area (Å²) >= 11 is 0. The molecule has 0 saturated heterocycles. The van der Waals surface area contributed by atoms with Gasteiger partial charge in [-0.25, -0.2) is 0 Å². The van der Waals surface area contributed by atoms with Gasteiger partial charge in [0.05, 0.1) is 6.61 Å². The second-order valence-corrected chi connectivity index (χ2v) is 4.05. The molecular formula is C15H14O2. The van der Waals surface area contributed by atoms with E-state index >= 15 is 0 Å². The van der Waals surface area contributed by atoms with Crippen molar-refractivity contribution in [1.29, 1.82) is 0 Å². The van der Waals surface area contributed by atoms with Gasteiger partial charge in [0, 0.05) is 12.0 Å². The lowest BCUT2D eigenvalue weighted by atomic mass is 9.99. The van der Waals surface area contributed by atoms with Crippen molar-refractivity contribution in [1.82, 2.24) is 0 Å². The molecule has 0 amide bonds. The predicted octanol–water partition coefficient (Wildman–Crippen LogP) is 3.78. The zero-order valence-corrected chi connectivity index (χ0v) is 9.77. The van der Waals surface area contributed by atoms with E-state index in [0.29, 0.717) is 6.61 Å². The lowest BCUT2D eigenvalue weighted by Gasteiger charge is -2.22. The Bertz CT molecular complexity index is 546. The van der Waals surface area contributed by atoms with Gasteiger partial charge in [-0.1, -0.05) is 24.3 Å². The molecule has 86 valence electrons. The lowest BCUT2D eigenvalue weighted by molar-refractivity contribution is 0.332. The minimum Gasteiger partial charge on any atom is -0.493 e. The van der Waals surface area contributed by atoms with Crippen LogP contribution in [0.4, 0.5) is 0 Å². The number of rotatable bonds is 2. The highest BCUT2D eigenvalue weighted by atomic mass is 16.5. The van der Waals surface area contributed by atoms with Gasteiger partial charge in [0.25, 0.3) is 0 Å². The van der Waals surface area contributed by atoms with Crippen LogP contribution in [0.3, 0.4) is 0 Å². The van der Waals surface area contributed by atoms with Gasteiger partial charge >= 0.3 is 0 Å². The summed E-state index contributed by atoms with van der Waals surface area (Å²) in [6.45, 7) is 2.68. The molecule has 1 aliphatic heterocycles. The Kier molecular flexibility index (Phi) is 2.48. The van der Waals surface area contributed by atoms with Crippen molar-refractivity contribution >= 4 is 0 Å². The van der Waals surface area contributed by atoms with Gasteiger partial charge in [-0.2, -0.15) is 0 Å². The highest BCUT2D eigenvalue weighted by Crippen LogP contribution is 2.40. The maximum absolute atomic E-state index is 5.88. The average molecular weight is 226 g/mol. The van der Waals surface area contributed by atoms with Gasteiger partial charge < -0.3 is 9.47 Å². The predicted molar refractivity (Wildman–Crippen MR) is 66.9 cm³/mol. The van der Waals surface area contributed by atoms with Crippen LogP contribution in [0.2, 0.25) is 0 Å². The molecular weight excluding hydrogens is 212 g/mol. The lowest BCUT2D eigenvalue weighted by Crippen LogP contribution is -2.05. The van der Waals surface area contributed by atoms with E-state index in [-0.39, 0.29) is 0 Å². The highest BCUT2D eigenvalue weighted by Gasteiger charge is 2.19. The number of hydrogen-bond donors (Lipinski definition) is 0. The van der Waals surface area contributed by atoms with Crippen LogP contribution >= 0.6 is 0 Å². The first-order valence-electron chi connectivity index (χ1n) is 5.89. The molecule has 0 saturated carbocycles. The smallest absolute Gasteiger partial charge is 0.134 e. The van der Waals surface area contributed by atoms with Crippen LogP contribution < -0.4 is 9.47 Å². The first-order valence-corrected chi connectivity index (χ1v) is 5.89. The molecule has 0 aliphatic carbocycles. The maximum Gasteiger partial charge on any atom is 0.134 e. The summed E-state index contributed by atoms with van der Waals surface area (Å²) in [7, 11) is 0. The third-order valence-electron chi connectivity index (χ3n) is 2.95. The number of para-hydroxylation sites is 1. The number of fused-ring (bicyclic) bond motifs is 2. The van der Waals surface area contributed by atoms with Gasteiger partial charge in [0.2, 0.25) is 0 Å².